The number of carbonyl (C=O) groups excluding carboxylic acids is 1. The van der Waals surface area contributed by atoms with E-state index in [1.54, 1.807) is 18.2 Å². The molecule has 0 heterocycles. The number of hydrogen-bond donors (Lipinski definition) is 1. The molecule has 1 aromatic rings. The molecule has 0 aliphatic heterocycles. The largest absolute Gasteiger partial charge is 0.469 e. The van der Waals surface area contributed by atoms with Crippen molar-refractivity contribution in [3.05, 3.63) is 30.3 Å². The first-order valence-electron chi connectivity index (χ1n) is 5.01. The molecule has 0 unspecified atom stereocenters. The standard InChI is InChI=1S/C6H6O3S.C5H10O2/c7-10(8,9)6-4-2-1-3-5-6;1-3-4-5(6)7-2/h1-5H,(H,7,8,9);3-4H2,1-2H3. The molecule has 1 aromatic carbocycles. The van der Waals surface area contributed by atoms with Crippen LogP contribution in [0.1, 0.15) is 19.8 Å². The molecular formula is C11H16O5S. The van der Waals surface area contributed by atoms with Crippen molar-refractivity contribution in [2.45, 2.75) is 24.7 Å². The molecule has 5 nitrogen and oxygen atoms in total. The van der Waals surface area contributed by atoms with Crippen molar-refractivity contribution >= 4 is 16.1 Å². The smallest absolute Gasteiger partial charge is 0.305 e. The van der Waals surface area contributed by atoms with Gasteiger partial charge in [-0.1, -0.05) is 25.1 Å². The molecule has 0 radical (unpaired) electrons. The Labute approximate surface area is 101 Å². The fourth-order valence-corrected chi connectivity index (χ4v) is 1.40. The van der Waals surface area contributed by atoms with Gasteiger partial charge in [0, 0.05) is 6.42 Å². The zero-order valence-electron chi connectivity index (χ0n) is 9.79. The van der Waals surface area contributed by atoms with Crippen molar-refractivity contribution in [2.75, 3.05) is 7.11 Å². The minimum absolute atomic E-state index is 0.0741. The summed E-state index contributed by atoms with van der Waals surface area (Å²) >= 11 is 0. The predicted octanol–water partition coefficient (Wildman–Crippen LogP) is 1.89. The van der Waals surface area contributed by atoms with Crippen molar-refractivity contribution in [2.24, 2.45) is 0 Å². The summed E-state index contributed by atoms with van der Waals surface area (Å²) in [5.41, 5.74) is 0. The van der Waals surface area contributed by atoms with Crippen molar-refractivity contribution in [1.29, 1.82) is 0 Å². The van der Waals surface area contributed by atoms with Crippen molar-refractivity contribution in [1.82, 2.24) is 0 Å². The molecular weight excluding hydrogens is 244 g/mol. The number of rotatable bonds is 3. The van der Waals surface area contributed by atoms with Crippen LogP contribution >= 0.6 is 0 Å². The van der Waals surface area contributed by atoms with E-state index < -0.39 is 10.1 Å². The molecule has 0 bridgehead atoms. The summed E-state index contributed by atoms with van der Waals surface area (Å²) in [6.07, 6.45) is 1.41. The number of methoxy groups -OCH3 is 1. The molecule has 6 heteroatoms. The van der Waals surface area contributed by atoms with Crippen molar-refractivity contribution in [3.63, 3.8) is 0 Å². The van der Waals surface area contributed by atoms with Crippen LogP contribution < -0.4 is 0 Å². The number of hydrogen-bond acceptors (Lipinski definition) is 4. The van der Waals surface area contributed by atoms with E-state index in [4.69, 9.17) is 4.55 Å². The van der Waals surface area contributed by atoms with Gasteiger partial charge in [-0.25, -0.2) is 0 Å². The second kappa shape index (κ2) is 7.81. The lowest BCUT2D eigenvalue weighted by atomic mass is 10.3. The van der Waals surface area contributed by atoms with Crippen LogP contribution in [0.3, 0.4) is 0 Å². The lowest BCUT2D eigenvalue weighted by molar-refractivity contribution is -0.140. The molecule has 1 rings (SSSR count). The normalized spacial score (nSPS) is 10.1. The van der Waals surface area contributed by atoms with E-state index in [1.165, 1.54) is 19.2 Å². The van der Waals surface area contributed by atoms with Gasteiger partial charge in [0.15, 0.2) is 0 Å². The van der Waals surface area contributed by atoms with Gasteiger partial charge in [0.05, 0.1) is 12.0 Å². The zero-order valence-corrected chi connectivity index (χ0v) is 10.6. The highest BCUT2D eigenvalue weighted by Crippen LogP contribution is 2.05. The average molecular weight is 260 g/mol. The van der Waals surface area contributed by atoms with E-state index in [0.29, 0.717) is 6.42 Å². The van der Waals surface area contributed by atoms with E-state index >= 15 is 0 Å². The van der Waals surface area contributed by atoms with Gasteiger partial charge < -0.3 is 4.74 Å². The minimum Gasteiger partial charge on any atom is -0.469 e. The third-order valence-electron chi connectivity index (χ3n) is 1.72. The number of carbonyl (C=O) groups is 1. The Morgan fingerprint density at radius 3 is 2.06 bits per heavy atom. The van der Waals surface area contributed by atoms with Gasteiger partial charge in [0.25, 0.3) is 10.1 Å². The van der Waals surface area contributed by atoms with Crippen LogP contribution in [0, 0.1) is 0 Å². The first kappa shape index (κ1) is 15.6. The lowest BCUT2D eigenvalue weighted by Crippen LogP contribution is -1.97. The Morgan fingerprint density at radius 2 is 1.82 bits per heavy atom. The molecule has 0 amide bonds. The second-order valence-electron chi connectivity index (χ2n) is 3.11. The molecule has 0 spiro atoms. The highest BCUT2D eigenvalue weighted by Gasteiger charge is 2.05. The molecule has 0 saturated carbocycles. The minimum atomic E-state index is -4.00. The molecule has 0 atom stereocenters. The number of benzene rings is 1. The topological polar surface area (TPSA) is 80.7 Å². The summed E-state index contributed by atoms with van der Waals surface area (Å²) in [6, 6.07) is 7.42. The SMILES string of the molecule is CCCC(=O)OC.O=S(=O)(O)c1ccccc1. The maximum atomic E-state index is 10.4. The number of ether oxygens (including phenoxy) is 1. The van der Waals surface area contributed by atoms with Gasteiger partial charge in [-0.15, -0.1) is 0 Å². The van der Waals surface area contributed by atoms with Crippen LogP contribution in [0.15, 0.2) is 35.2 Å². The summed E-state index contributed by atoms with van der Waals surface area (Å²) in [6.45, 7) is 1.94. The van der Waals surface area contributed by atoms with E-state index in [1.807, 2.05) is 6.92 Å². The first-order chi connectivity index (χ1) is 7.91. The summed E-state index contributed by atoms with van der Waals surface area (Å²) in [4.78, 5) is 10.1. The maximum absolute atomic E-state index is 10.4. The summed E-state index contributed by atoms with van der Waals surface area (Å²) < 4.78 is 33.6. The summed E-state index contributed by atoms with van der Waals surface area (Å²) in [7, 11) is -2.60. The van der Waals surface area contributed by atoms with Crippen LogP contribution in [0.5, 0.6) is 0 Å². The van der Waals surface area contributed by atoms with Crippen LogP contribution in [0.2, 0.25) is 0 Å². The fourth-order valence-electron chi connectivity index (χ4n) is 0.899. The maximum Gasteiger partial charge on any atom is 0.305 e. The second-order valence-corrected chi connectivity index (χ2v) is 4.54. The van der Waals surface area contributed by atoms with Crippen molar-refractivity contribution < 1.29 is 22.5 Å². The monoisotopic (exact) mass is 260 g/mol. The van der Waals surface area contributed by atoms with E-state index in [2.05, 4.69) is 4.74 Å². The highest BCUT2D eigenvalue weighted by molar-refractivity contribution is 7.85. The average Bonchev–Trinajstić information content (AvgIpc) is 2.30. The summed E-state index contributed by atoms with van der Waals surface area (Å²) in [5, 5.41) is 0. The predicted molar refractivity (Wildman–Crippen MR) is 63.2 cm³/mol. The Bertz CT molecular complexity index is 424. The summed E-state index contributed by atoms with van der Waals surface area (Å²) in [5.74, 6) is -0.123. The van der Waals surface area contributed by atoms with Gasteiger partial charge >= 0.3 is 5.97 Å². The molecule has 0 aliphatic carbocycles. The van der Waals surface area contributed by atoms with Gasteiger partial charge in [-0.2, -0.15) is 8.42 Å². The Hall–Kier alpha value is -1.40. The van der Waals surface area contributed by atoms with E-state index in [-0.39, 0.29) is 10.9 Å². The third kappa shape index (κ3) is 7.48. The molecule has 0 aliphatic rings. The van der Waals surface area contributed by atoms with Crippen molar-refractivity contribution in [3.8, 4) is 0 Å². The van der Waals surface area contributed by atoms with Crippen LogP contribution in [-0.4, -0.2) is 26.0 Å². The van der Waals surface area contributed by atoms with Gasteiger partial charge in [0.2, 0.25) is 0 Å². The number of esters is 1. The Balaban J connectivity index is 0.000000325. The molecule has 17 heavy (non-hydrogen) atoms. The molecule has 1 N–H and O–H groups in total. The van der Waals surface area contributed by atoms with Crippen LogP contribution in [0.25, 0.3) is 0 Å². The first-order valence-corrected chi connectivity index (χ1v) is 6.45. The van der Waals surface area contributed by atoms with Gasteiger partial charge in [-0.3, -0.25) is 9.35 Å². The quantitative estimate of drug-likeness (QED) is 0.663. The van der Waals surface area contributed by atoms with Gasteiger partial charge in [-0.05, 0) is 18.6 Å². The lowest BCUT2D eigenvalue weighted by Gasteiger charge is -1.92. The van der Waals surface area contributed by atoms with E-state index in [9.17, 15) is 13.2 Å². The molecule has 0 aromatic heterocycles. The van der Waals surface area contributed by atoms with Gasteiger partial charge in [0.1, 0.15) is 0 Å². The zero-order chi connectivity index (χ0) is 13.3. The Kier molecular flexibility index (Phi) is 7.16. The van der Waals surface area contributed by atoms with Crippen LogP contribution in [0.4, 0.5) is 0 Å². The fraction of sp³-hybridized carbons (Fsp3) is 0.364. The molecule has 0 fully saturated rings. The van der Waals surface area contributed by atoms with Crippen LogP contribution in [-0.2, 0) is 19.6 Å². The molecule has 96 valence electrons. The third-order valence-corrected chi connectivity index (χ3v) is 2.59. The van der Waals surface area contributed by atoms with E-state index in [0.717, 1.165) is 6.42 Å². The Morgan fingerprint density at radius 1 is 1.29 bits per heavy atom. The molecule has 0 saturated heterocycles. The highest BCUT2D eigenvalue weighted by atomic mass is 32.2.